The number of aryl methyl sites for hydroxylation is 2. The molecule has 0 aromatic heterocycles. The van der Waals surface area contributed by atoms with E-state index in [2.05, 4.69) is 16.7 Å². The fraction of sp³-hybridized carbons (Fsp3) is 0.385. The molecular weight excluding hydrogens is 418 g/mol. The number of hydrogen-bond acceptors (Lipinski definition) is 6. The summed E-state index contributed by atoms with van der Waals surface area (Å²) in [5.41, 5.74) is 4.17. The van der Waals surface area contributed by atoms with Gasteiger partial charge < -0.3 is 19.3 Å². The third-order valence-corrected chi connectivity index (χ3v) is 6.47. The summed E-state index contributed by atoms with van der Waals surface area (Å²) in [5.74, 6) is 0.317. The molecule has 1 fully saturated rings. The second kappa shape index (κ2) is 9.27. The standard InChI is InChI=1S/C26H31N3O4/c1-6-27-11-13-28(14-12-27)24-23(20-9-7-17(2)15-18(20)3)25(30)29(26(24)31)21-16-19(32-4)8-10-22(21)33-5/h7-10,15-16H,6,11-14H2,1-5H3. The summed E-state index contributed by atoms with van der Waals surface area (Å²) in [4.78, 5) is 33.4. The maximum atomic E-state index is 13.9. The van der Waals surface area contributed by atoms with Crippen LogP contribution in [0.25, 0.3) is 5.57 Å². The minimum atomic E-state index is -0.341. The lowest BCUT2D eigenvalue weighted by atomic mass is 9.97. The molecule has 0 saturated carbocycles. The SMILES string of the molecule is CCN1CCN(C2=C(c3ccc(C)cc3C)C(=O)N(c3cc(OC)ccc3OC)C2=O)CC1. The van der Waals surface area contributed by atoms with Crippen LogP contribution in [-0.4, -0.2) is 68.6 Å². The average Bonchev–Trinajstić information content (AvgIpc) is 3.08. The fourth-order valence-electron chi connectivity index (χ4n) is 4.63. The lowest BCUT2D eigenvalue weighted by Gasteiger charge is -2.36. The van der Waals surface area contributed by atoms with Crippen molar-refractivity contribution in [3.63, 3.8) is 0 Å². The van der Waals surface area contributed by atoms with E-state index in [-0.39, 0.29) is 11.8 Å². The van der Waals surface area contributed by atoms with Crippen LogP contribution in [0.1, 0.15) is 23.6 Å². The lowest BCUT2D eigenvalue weighted by molar-refractivity contribution is -0.120. The van der Waals surface area contributed by atoms with E-state index in [0.29, 0.717) is 41.5 Å². The maximum absolute atomic E-state index is 13.9. The molecule has 0 radical (unpaired) electrons. The fourth-order valence-corrected chi connectivity index (χ4v) is 4.63. The van der Waals surface area contributed by atoms with Crippen LogP contribution in [0.15, 0.2) is 42.1 Å². The summed E-state index contributed by atoms with van der Waals surface area (Å²) in [6.45, 7) is 10.2. The Morgan fingerprint density at radius 2 is 1.61 bits per heavy atom. The molecule has 2 amide bonds. The molecule has 1 saturated heterocycles. The van der Waals surface area contributed by atoms with Crippen molar-refractivity contribution in [2.45, 2.75) is 20.8 Å². The van der Waals surface area contributed by atoms with Crippen molar-refractivity contribution in [1.29, 1.82) is 0 Å². The Kier molecular flexibility index (Phi) is 6.42. The summed E-state index contributed by atoms with van der Waals surface area (Å²) in [5, 5.41) is 0. The quantitative estimate of drug-likeness (QED) is 0.631. The normalized spacial score (nSPS) is 17.2. The Morgan fingerprint density at radius 3 is 2.21 bits per heavy atom. The van der Waals surface area contributed by atoms with Crippen LogP contribution < -0.4 is 14.4 Å². The van der Waals surface area contributed by atoms with Crippen LogP contribution in [0.5, 0.6) is 11.5 Å². The third-order valence-electron chi connectivity index (χ3n) is 6.47. The number of nitrogens with zero attached hydrogens (tertiary/aromatic N) is 3. The van der Waals surface area contributed by atoms with Crippen molar-refractivity contribution in [3.8, 4) is 11.5 Å². The average molecular weight is 450 g/mol. The highest BCUT2D eigenvalue weighted by molar-refractivity contribution is 6.45. The van der Waals surface area contributed by atoms with E-state index in [9.17, 15) is 9.59 Å². The zero-order valence-electron chi connectivity index (χ0n) is 20.0. The van der Waals surface area contributed by atoms with Crippen LogP contribution in [-0.2, 0) is 9.59 Å². The Morgan fingerprint density at radius 1 is 0.879 bits per heavy atom. The van der Waals surface area contributed by atoms with Gasteiger partial charge in [0.1, 0.15) is 17.2 Å². The third kappa shape index (κ3) is 4.09. The second-order valence-corrected chi connectivity index (χ2v) is 8.45. The van der Waals surface area contributed by atoms with Crippen LogP contribution >= 0.6 is 0 Å². The maximum Gasteiger partial charge on any atom is 0.282 e. The van der Waals surface area contributed by atoms with Gasteiger partial charge >= 0.3 is 0 Å². The first-order valence-electron chi connectivity index (χ1n) is 11.3. The highest BCUT2D eigenvalue weighted by Gasteiger charge is 2.44. The Hall–Kier alpha value is -3.32. The Balaban J connectivity index is 1.85. The number of amides is 2. The highest BCUT2D eigenvalue weighted by atomic mass is 16.5. The van der Waals surface area contributed by atoms with Gasteiger partial charge in [0.05, 0.1) is 25.5 Å². The van der Waals surface area contributed by atoms with Crippen LogP contribution in [0.3, 0.4) is 0 Å². The van der Waals surface area contributed by atoms with Crippen molar-refractivity contribution in [1.82, 2.24) is 9.80 Å². The largest absolute Gasteiger partial charge is 0.497 e. The number of hydrogen-bond donors (Lipinski definition) is 0. The number of piperazine rings is 1. The molecule has 7 heteroatoms. The molecule has 0 unspecified atom stereocenters. The Bertz CT molecular complexity index is 1120. The number of benzene rings is 2. The van der Waals surface area contributed by atoms with Gasteiger partial charge in [0.2, 0.25) is 0 Å². The number of carbonyl (C=O) groups excluding carboxylic acids is 2. The number of anilines is 1. The van der Waals surface area contributed by atoms with Gasteiger partial charge in [-0.2, -0.15) is 0 Å². The molecule has 174 valence electrons. The van der Waals surface area contributed by atoms with Gasteiger partial charge in [-0.3, -0.25) is 9.59 Å². The highest BCUT2D eigenvalue weighted by Crippen LogP contribution is 2.41. The van der Waals surface area contributed by atoms with Crippen molar-refractivity contribution in [3.05, 3.63) is 58.8 Å². The van der Waals surface area contributed by atoms with Crippen molar-refractivity contribution >= 4 is 23.1 Å². The zero-order chi connectivity index (χ0) is 23.7. The number of carbonyl (C=O) groups is 2. The minimum absolute atomic E-state index is 0.327. The van der Waals surface area contributed by atoms with Gasteiger partial charge in [0.25, 0.3) is 11.8 Å². The van der Waals surface area contributed by atoms with Crippen molar-refractivity contribution < 1.29 is 19.1 Å². The molecule has 2 heterocycles. The van der Waals surface area contributed by atoms with Crippen LogP contribution in [0.2, 0.25) is 0 Å². The van der Waals surface area contributed by atoms with E-state index in [0.717, 1.165) is 36.3 Å². The first-order valence-corrected chi connectivity index (χ1v) is 11.3. The Labute approximate surface area is 195 Å². The smallest absolute Gasteiger partial charge is 0.282 e. The molecule has 2 aliphatic heterocycles. The van der Waals surface area contributed by atoms with E-state index in [1.807, 2.05) is 32.0 Å². The molecule has 2 aliphatic rings. The van der Waals surface area contributed by atoms with E-state index < -0.39 is 0 Å². The summed E-state index contributed by atoms with van der Waals surface area (Å²) >= 11 is 0. The van der Waals surface area contributed by atoms with E-state index in [4.69, 9.17) is 9.47 Å². The van der Waals surface area contributed by atoms with Crippen LogP contribution in [0.4, 0.5) is 5.69 Å². The molecular formula is C26H31N3O4. The van der Waals surface area contributed by atoms with Gasteiger partial charge in [-0.15, -0.1) is 0 Å². The number of methoxy groups -OCH3 is 2. The van der Waals surface area contributed by atoms with Gasteiger partial charge in [0, 0.05) is 32.2 Å². The van der Waals surface area contributed by atoms with E-state index in [1.165, 1.54) is 12.0 Å². The van der Waals surface area contributed by atoms with Gasteiger partial charge in [-0.05, 0) is 43.7 Å². The van der Waals surface area contributed by atoms with E-state index in [1.54, 1.807) is 25.3 Å². The van der Waals surface area contributed by atoms with Crippen molar-refractivity contribution in [2.24, 2.45) is 0 Å². The summed E-state index contributed by atoms with van der Waals surface area (Å²) in [6.07, 6.45) is 0. The van der Waals surface area contributed by atoms with Crippen molar-refractivity contribution in [2.75, 3.05) is 51.8 Å². The number of imide groups is 1. The predicted octanol–water partition coefficient (Wildman–Crippen LogP) is 3.24. The molecule has 2 aromatic carbocycles. The van der Waals surface area contributed by atoms with Crippen LogP contribution in [0, 0.1) is 13.8 Å². The number of ether oxygens (including phenoxy) is 2. The second-order valence-electron chi connectivity index (χ2n) is 8.45. The van der Waals surface area contributed by atoms with Gasteiger partial charge in [-0.1, -0.05) is 30.7 Å². The minimum Gasteiger partial charge on any atom is -0.497 e. The summed E-state index contributed by atoms with van der Waals surface area (Å²) < 4.78 is 10.9. The first-order chi connectivity index (χ1) is 15.9. The lowest BCUT2D eigenvalue weighted by Crippen LogP contribution is -2.47. The molecule has 4 rings (SSSR count). The summed E-state index contributed by atoms with van der Waals surface area (Å²) in [7, 11) is 3.08. The van der Waals surface area contributed by atoms with E-state index >= 15 is 0 Å². The topological polar surface area (TPSA) is 62.3 Å². The molecule has 0 atom stereocenters. The molecule has 0 bridgehead atoms. The number of rotatable bonds is 6. The summed E-state index contributed by atoms with van der Waals surface area (Å²) in [6, 6.07) is 11.1. The molecule has 0 aliphatic carbocycles. The molecule has 2 aromatic rings. The molecule has 33 heavy (non-hydrogen) atoms. The van der Waals surface area contributed by atoms with Gasteiger partial charge in [0.15, 0.2) is 0 Å². The van der Waals surface area contributed by atoms with Gasteiger partial charge in [-0.25, -0.2) is 4.90 Å². The zero-order valence-corrected chi connectivity index (χ0v) is 20.0. The predicted molar refractivity (Wildman–Crippen MR) is 129 cm³/mol. The molecule has 7 nitrogen and oxygen atoms in total. The molecule has 0 N–H and O–H groups in total. The molecule has 0 spiro atoms. The monoisotopic (exact) mass is 449 g/mol. The first kappa shape index (κ1) is 22.9. The number of likely N-dealkylation sites (N-methyl/N-ethyl adjacent to an activating group) is 1.